The number of ether oxygens (including phenoxy) is 2. The molecule has 0 aliphatic carbocycles. The van der Waals surface area contributed by atoms with Gasteiger partial charge in [0.15, 0.2) is 10.7 Å². The molecule has 0 saturated carbocycles. The van der Waals surface area contributed by atoms with Gasteiger partial charge in [-0.15, -0.1) is 11.3 Å². The number of anilines is 2. The van der Waals surface area contributed by atoms with Gasteiger partial charge in [-0.25, -0.2) is 23.0 Å². The fraction of sp³-hybridized carbons (Fsp3) is 0.188. The molecule has 1 saturated heterocycles. The first-order chi connectivity index (χ1) is 12.7. The maximum absolute atomic E-state index is 12.3. The van der Waals surface area contributed by atoms with E-state index in [-0.39, 0.29) is 15.6 Å². The number of carbonyl (C=O) groups excluding carboxylic acids is 2. The van der Waals surface area contributed by atoms with Gasteiger partial charge in [0.25, 0.3) is 15.8 Å². The summed E-state index contributed by atoms with van der Waals surface area (Å²) in [6.45, 7) is 2.90. The first-order valence-corrected chi connectivity index (χ1v) is 9.98. The number of hydrogen-bond donors (Lipinski definition) is 2. The number of cyclic esters (lactones) is 2. The van der Waals surface area contributed by atoms with Gasteiger partial charge in [-0.3, -0.25) is 4.72 Å². The van der Waals surface area contributed by atoms with Crippen molar-refractivity contribution in [1.29, 1.82) is 0 Å². The molecule has 1 aromatic carbocycles. The summed E-state index contributed by atoms with van der Waals surface area (Å²) in [7, 11) is -3.76. The highest BCUT2D eigenvalue weighted by molar-refractivity contribution is 7.93. The first kappa shape index (κ1) is 18.9. The van der Waals surface area contributed by atoms with E-state index in [1.54, 1.807) is 5.38 Å². The normalized spacial score (nSPS) is 16.3. The second kappa shape index (κ2) is 7.00. The van der Waals surface area contributed by atoms with Crippen molar-refractivity contribution >= 4 is 44.1 Å². The van der Waals surface area contributed by atoms with Crippen molar-refractivity contribution in [3.63, 3.8) is 0 Å². The Morgan fingerprint density at radius 2 is 1.74 bits per heavy atom. The Morgan fingerprint density at radius 3 is 2.30 bits per heavy atom. The summed E-state index contributed by atoms with van der Waals surface area (Å²) in [6.07, 6.45) is 2.64. The van der Waals surface area contributed by atoms with E-state index in [0.29, 0.717) is 5.69 Å². The van der Waals surface area contributed by atoms with Crippen molar-refractivity contribution in [1.82, 2.24) is 4.98 Å². The predicted molar refractivity (Wildman–Crippen MR) is 97.3 cm³/mol. The molecule has 0 unspecified atom stereocenters. The standard InChI is InChI=1S/C16H15N3O6S2/c1-16(2)24-13(20)12(14(21)25-16)9-18-10-3-5-11(6-4-10)27(22,23)19-15-17-7-8-26-15/h3-9,18H,1-2H3,(H,17,19). The number of aromatic nitrogens is 1. The molecule has 1 aromatic heterocycles. The number of nitrogens with one attached hydrogen (secondary N) is 2. The highest BCUT2D eigenvalue weighted by atomic mass is 32.2. The number of nitrogens with zero attached hydrogens (tertiary/aromatic N) is 1. The van der Waals surface area contributed by atoms with Gasteiger partial charge in [-0.2, -0.15) is 0 Å². The largest absolute Gasteiger partial charge is 0.419 e. The molecule has 2 heterocycles. The van der Waals surface area contributed by atoms with Gasteiger partial charge in [0, 0.05) is 37.3 Å². The lowest BCUT2D eigenvalue weighted by Gasteiger charge is -2.29. The minimum Gasteiger partial charge on any atom is -0.419 e. The zero-order valence-electron chi connectivity index (χ0n) is 14.3. The van der Waals surface area contributed by atoms with Crippen molar-refractivity contribution in [3.05, 3.63) is 47.6 Å². The van der Waals surface area contributed by atoms with Gasteiger partial charge >= 0.3 is 11.9 Å². The molecule has 2 aromatic rings. The highest BCUT2D eigenvalue weighted by Gasteiger charge is 2.38. The number of thiazole rings is 1. The average Bonchev–Trinajstić information content (AvgIpc) is 3.05. The van der Waals surface area contributed by atoms with Crippen LogP contribution in [0.2, 0.25) is 0 Å². The third kappa shape index (κ3) is 4.44. The van der Waals surface area contributed by atoms with Crippen molar-refractivity contribution in [2.75, 3.05) is 10.0 Å². The van der Waals surface area contributed by atoms with Gasteiger partial charge < -0.3 is 14.8 Å². The smallest absolute Gasteiger partial charge is 0.350 e. The van der Waals surface area contributed by atoms with Crippen molar-refractivity contribution in [2.45, 2.75) is 24.5 Å². The fourth-order valence-electron chi connectivity index (χ4n) is 2.11. The van der Waals surface area contributed by atoms with Gasteiger partial charge in [0.2, 0.25) is 0 Å². The van der Waals surface area contributed by atoms with Crippen LogP contribution in [0.5, 0.6) is 0 Å². The molecule has 1 aliphatic rings. The second-order valence-corrected chi connectivity index (χ2v) is 8.43. The molecule has 1 aliphatic heterocycles. The Morgan fingerprint density at radius 1 is 1.11 bits per heavy atom. The summed E-state index contributed by atoms with van der Waals surface area (Å²) < 4.78 is 36.8. The Labute approximate surface area is 159 Å². The molecule has 27 heavy (non-hydrogen) atoms. The Kier molecular flexibility index (Phi) is 4.89. The molecule has 0 radical (unpaired) electrons. The Balaban J connectivity index is 1.71. The molecule has 0 spiro atoms. The van der Waals surface area contributed by atoms with Crippen molar-refractivity contribution in [2.24, 2.45) is 0 Å². The zero-order chi connectivity index (χ0) is 19.7. The SMILES string of the molecule is CC1(C)OC(=O)C(=CNc2ccc(S(=O)(=O)Nc3nccs3)cc2)C(=O)O1. The number of sulfonamides is 1. The average molecular weight is 409 g/mol. The van der Waals surface area contributed by atoms with E-state index >= 15 is 0 Å². The minimum atomic E-state index is -3.76. The lowest BCUT2D eigenvalue weighted by atomic mass is 10.2. The maximum atomic E-state index is 12.3. The van der Waals surface area contributed by atoms with Crippen molar-refractivity contribution < 1.29 is 27.5 Å². The lowest BCUT2D eigenvalue weighted by molar-refractivity contribution is -0.222. The van der Waals surface area contributed by atoms with Crippen LogP contribution in [0.3, 0.4) is 0 Å². The number of hydrogen-bond acceptors (Lipinski definition) is 9. The molecule has 0 atom stereocenters. The molecule has 3 rings (SSSR count). The Hall–Kier alpha value is -2.92. The van der Waals surface area contributed by atoms with E-state index in [4.69, 9.17) is 9.47 Å². The van der Waals surface area contributed by atoms with E-state index in [1.807, 2.05) is 0 Å². The lowest BCUT2D eigenvalue weighted by Crippen LogP contribution is -2.42. The highest BCUT2D eigenvalue weighted by Crippen LogP contribution is 2.23. The predicted octanol–water partition coefficient (Wildman–Crippen LogP) is 2.08. The summed E-state index contributed by atoms with van der Waals surface area (Å²) >= 11 is 1.16. The van der Waals surface area contributed by atoms with E-state index in [2.05, 4.69) is 15.0 Å². The topological polar surface area (TPSA) is 124 Å². The monoisotopic (exact) mass is 409 g/mol. The van der Waals surface area contributed by atoms with Crippen LogP contribution in [0.15, 0.2) is 52.5 Å². The van der Waals surface area contributed by atoms with Crippen LogP contribution in [0.4, 0.5) is 10.8 Å². The van der Waals surface area contributed by atoms with Gasteiger partial charge in [-0.1, -0.05) is 0 Å². The first-order valence-electron chi connectivity index (χ1n) is 7.62. The molecule has 11 heteroatoms. The number of esters is 2. The van der Waals surface area contributed by atoms with E-state index in [1.165, 1.54) is 44.3 Å². The maximum Gasteiger partial charge on any atom is 0.350 e. The summed E-state index contributed by atoms with van der Waals surface area (Å²) in [5, 5.41) is 4.65. The second-order valence-electron chi connectivity index (χ2n) is 5.85. The van der Waals surface area contributed by atoms with Gasteiger partial charge in [0.1, 0.15) is 0 Å². The summed E-state index contributed by atoms with van der Waals surface area (Å²) in [4.78, 5) is 27.6. The molecule has 2 N–H and O–H groups in total. The molecular formula is C16H15N3O6S2. The van der Waals surface area contributed by atoms with E-state index < -0.39 is 27.7 Å². The summed E-state index contributed by atoms with van der Waals surface area (Å²) in [6, 6.07) is 5.71. The van der Waals surface area contributed by atoms with Gasteiger partial charge in [-0.05, 0) is 24.3 Å². The van der Waals surface area contributed by atoms with E-state index in [0.717, 1.165) is 17.5 Å². The zero-order valence-corrected chi connectivity index (χ0v) is 15.9. The Bertz CT molecular complexity index is 973. The molecular weight excluding hydrogens is 394 g/mol. The molecule has 142 valence electrons. The van der Waals surface area contributed by atoms with Crippen LogP contribution in [-0.2, 0) is 29.1 Å². The van der Waals surface area contributed by atoms with Gasteiger partial charge in [0.05, 0.1) is 4.90 Å². The number of carbonyl (C=O) groups is 2. The van der Waals surface area contributed by atoms with E-state index in [9.17, 15) is 18.0 Å². The molecule has 0 bridgehead atoms. The third-order valence-electron chi connectivity index (χ3n) is 3.32. The van der Waals surface area contributed by atoms with Crippen LogP contribution in [0.1, 0.15) is 13.8 Å². The summed E-state index contributed by atoms with van der Waals surface area (Å²) in [5.41, 5.74) is 0.164. The van der Waals surface area contributed by atoms with Crippen LogP contribution in [-0.4, -0.2) is 31.1 Å². The van der Waals surface area contributed by atoms with Crippen molar-refractivity contribution in [3.8, 4) is 0 Å². The van der Waals surface area contributed by atoms with Crippen LogP contribution in [0.25, 0.3) is 0 Å². The fourth-order valence-corrected chi connectivity index (χ4v) is 3.90. The molecule has 0 amide bonds. The molecule has 1 fully saturated rings. The summed E-state index contributed by atoms with van der Waals surface area (Å²) in [5.74, 6) is -2.93. The minimum absolute atomic E-state index is 0.0362. The number of rotatable bonds is 5. The third-order valence-corrected chi connectivity index (χ3v) is 5.49. The van der Waals surface area contributed by atoms with Crippen LogP contribution >= 0.6 is 11.3 Å². The quantitative estimate of drug-likeness (QED) is 0.437. The van der Waals surface area contributed by atoms with Crippen LogP contribution < -0.4 is 10.0 Å². The number of benzene rings is 1. The van der Waals surface area contributed by atoms with Crippen LogP contribution in [0, 0.1) is 0 Å². The molecule has 9 nitrogen and oxygen atoms in total.